The number of carbonyl (C=O) groups excluding carboxylic acids is 1. The number of hydrogen-bond donors (Lipinski definition) is 2. The first-order valence-electron chi connectivity index (χ1n) is 12.5. The summed E-state index contributed by atoms with van der Waals surface area (Å²) >= 11 is 6.56. The maximum Gasteiger partial charge on any atom is 0.247 e. The lowest BCUT2D eigenvalue weighted by atomic mass is 10.1. The summed E-state index contributed by atoms with van der Waals surface area (Å²) in [4.78, 5) is 23.4. The van der Waals surface area contributed by atoms with Crippen LogP contribution in [0.5, 0.6) is 11.5 Å². The monoisotopic (exact) mass is 548 g/mol. The van der Waals surface area contributed by atoms with Crippen molar-refractivity contribution in [3.05, 3.63) is 66.5 Å². The highest BCUT2D eigenvalue weighted by molar-refractivity contribution is 6.33. The maximum atomic E-state index is 12.3. The van der Waals surface area contributed by atoms with Gasteiger partial charge in [-0.3, -0.25) is 4.79 Å². The van der Waals surface area contributed by atoms with E-state index in [4.69, 9.17) is 26.1 Å². The van der Waals surface area contributed by atoms with Crippen LogP contribution in [0.25, 0.3) is 22.2 Å². The Morgan fingerprint density at radius 1 is 1.23 bits per heavy atom. The lowest BCUT2D eigenvalue weighted by Gasteiger charge is -2.24. The van der Waals surface area contributed by atoms with Crippen LogP contribution in [0.2, 0.25) is 5.02 Å². The van der Waals surface area contributed by atoms with Crippen molar-refractivity contribution in [3.63, 3.8) is 0 Å². The summed E-state index contributed by atoms with van der Waals surface area (Å²) in [6, 6.07) is 11.5. The molecule has 2 aromatic heterocycles. The zero-order chi connectivity index (χ0) is 28.1. The van der Waals surface area contributed by atoms with Gasteiger partial charge in [0, 0.05) is 42.3 Å². The Hall–Kier alpha value is -4.08. The molecule has 1 unspecified atom stereocenters. The van der Waals surface area contributed by atoms with Crippen LogP contribution in [0.3, 0.4) is 0 Å². The molecule has 39 heavy (non-hydrogen) atoms. The first-order chi connectivity index (χ1) is 18.7. The van der Waals surface area contributed by atoms with E-state index in [2.05, 4.69) is 34.0 Å². The lowest BCUT2D eigenvalue weighted by molar-refractivity contribution is -0.111. The fraction of sp³-hybridized carbons (Fsp3) is 0.276. The number of halogens is 1. The van der Waals surface area contributed by atoms with Gasteiger partial charge in [0.05, 0.1) is 35.4 Å². The van der Waals surface area contributed by atoms with E-state index in [1.165, 1.54) is 6.08 Å². The van der Waals surface area contributed by atoms with E-state index in [0.717, 1.165) is 22.9 Å². The molecule has 0 bridgehead atoms. The van der Waals surface area contributed by atoms with E-state index >= 15 is 0 Å². The summed E-state index contributed by atoms with van der Waals surface area (Å²) in [6.45, 7) is 6.32. The number of likely N-dealkylation sites (N-methyl/N-ethyl adjacent to an activating group) is 1. The summed E-state index contributed by atoms with van der Waals surface area (Å²) < 4.78 is 14.0. The third-order valence-electron chi connectivity index (χ3n) is 6.21. The molecular formula is C29H33ClN6O3. The lowest BCUT2D eigenvalue weighted by Crippen LogP contribution is -2.30. The van der Waals surface area contributed by atoms with Crippen molar-refractivity contribution in [1.29, 1.82) is 0 Å². The second-order valence-electron chi connectivity index (χ2n) is 9.34. The molecule has 0 aliphatic rings. The molecule has 1 atom stereocenters. The number of amides is 1. The van der Waals surface area contributed by atoms with E-state index in [9.17, 15) is 4.79 Å². The quantitative estimate of drug-likeness (QED) is 0.226. The summed E-state index contributed by atoms with van der Waals surface area (Å²) in [6.07, 6.45) is 5.45. The van der Waals surface area contributed by atoms with Gasteiger partial charge in [-0.15, -0.1) is 0 Å². The predicted molar refractivity (Wildman–Crippen MR) is 157 cm³/mol. The van der Waals surface area contributed by atoms with Crippen LogP contribution in [0.1, 0.15) is 13.3 Å². The highest BCUT2D eigenvalue weighted by Gasteiger charge is 2.19. The number of rotatable bonds is 11. The van der Waals surface area contributed by atoms with Gasteiger partial charge in [0.25, 0.3) is 0 Å². The van der Waals surface area contributed by atoms with Crippen molar-refractivity contribution >= 4 is 45.7 Å². The van der Waals surface area contributed by atoms with Gasteiger partial charge in [0.2, 0.25) is 11.9 Å². The summed E-state index contributed by atoms with van der Waals surface area (Å²) in [5.74, 6) is 0.924. The smallest absolute Gasteiger partial charge is 0.247 e. The van der Waals surface area contributed by atoms with Gasteiger partial charge in [-0.2, -0.15) is 0 Å². The van der Waals surface area contributed by atoms with Gasteiger partial charge < -0.3 is 29.6 Å². The van der Waals surface area contributed by atoms with Gasteiger partial charge in [0.1, 0.15) is 17.6 Å². The van der Waals surface area contributed by atoms with Crippen molar-refractivity contribution < 1.29 is 14.3 Å². The molecule has 2 aromatic carbocycles. The zero-order valence-electron chi connectivity index (χ0n) is 22.8. The zero-order valence-corrected chi connectivity index (χ0v) is 23.5. The molecule has 0 spiro atoms. The van der Waals surface area contributed by atoms with Gasteiger partial charge in [-0.05, 0) is 38.7 Å². The molecule has 0 aliphatic heterocycles. The molecule has 2 N–H and O–H groups in total. The Morgan fingerprint density at radius 2 is 2.00 bits per heavy atom. The van der Waals surface area contributed by atoms with Crippen LogP contribution in [-0.2, 0) is 11.8 Å². The molecule has 0 saturated heterocycles. The number of ether oxygens (including phenoxy) is 2. The average molecular weight is 549 g/mol. The van der Waals surface area contributed by atoms with Crippen LogP contribution in [0, 0.1) is 0 Å². The second-order valence-corrected chi connectivity index (χ2v) is 9.75. The molecule has 4 rings (SSSR count). The molecule has 9 nitrogen and oxygen atoms in total. The molecule has 1 amide bonds. The molecule has 10 heteroatoms. The van der Waals surface area contributed by atoms with E-state index in [0.29, 0.717) is 46.1 Å². The Labute approximate surface area is 233 Å². The highest BCUT2D eigenvalue weighted by Crippen LogP contribution is 2.39. The van der Waals surface area contributed by atoms with Gasteiger partial charge in [-0.1, -0.05) is 43.3 Å². The standard InChI is InChI=1S/C29H33ClN6O3/c1-7-18(16-35(3)4)39-26-14-25(38-6)22(13-23(26)32-27(37)8-2)33-29-31-15-21(30)28(34-29)20-17-36(5)24-12-10-9-11-19(20)24/h8-15,17-18H,2,7,16H2,1,3-6H3,(H,32,37)(H,31,33,34). The fourth-order valence-electron chi connectivity index (χ4n) is 4.31. The number of benzene rings is 2. The molecule has 0 aliphatic carbocycles. The Balaban J connectivity index is 1.73. The first kappa shape index (κ1) is 27.9. The van der Waals surface area contributed by atoms with Crippen LogP contribution >= 0.6 is 11.6 Å². The van der Waals surface area contributed by atoms with Gasteiger partial charge in [0.15, 0.2) is 0 Å². The molecule has 0 saturated carbocycles. The van der Waals surface area contributed by atoms with E-state index in [1.807, 2.05) is 56.2 Å². The third kappa shape index (κ3) is 6.32. The van der Waals surface area contributed by atoms with Crippen molar-refractivity contribution in [2.45, 2.75) is 19.4 Å². The average Bonchev–Trinajstić information content (AvgIpc) is 3.26. The number of aryl methyl sites for hydroxylation is 1. The number of carbonyl (C=O) groups is 1. The van der Waals surface area contributed by atoms with Crippen molar-refractivity contribution in [3.8, 4) is 22.8 Å². The number of nitrogens with zero attached hydrogens (tertiary/aromatic N) is 4. The second kappa shape index (κ2) is 12.2. The number of nitrogens with one attached hydrogen (secondary N) is 2. The van der Waals surface area contributed by atoms with Crippen LogP contribution in [-0.4, -0.2) is 59.2 Å². The Kier molecular flexibility index (Phi) is 8.73. The number of methoxy groups -OCH3 is 1. The highest BCUT2D eigenvalue weighted by atomic mass is 35.5. The SMILES string of the molecule is C=CC(=O)Nc1cc(Nc2ncc(Cl)c(-c3cn(C)c4ccccc34)n2)c(OC)cc1OC(CC)CN(C)C. The molecule has 0 radical (unpaired) electrons. The van der Waals surface area contributed by atoms with Gasteiger partial charge >= 0.3 is 0 Å². The number of fused-ring (bicyclic) bond motifs is 1. The van der Waals surface area contributed by atoms with Crippen molar-refractivity contribution in [2.75, 3.05) is 38.4 Å². The molecular weight excluding hydrogens is 516 g/mol. The molecule has 0 fully saturated rings. The fourth-order valence-corrected chi connectivity index (χ4v) is 4.50. The van der Waals surface area contributed by atoms with E-state index in [-0.39, 0.29) is 12.0 Å². The largest absolute Gasteiger partial charge is 0.494 e. The third-order valence-corrected chi connectivity index (χ3v) is 6.48. The number of para-hydroxylation sites is 1. The van der Waals surface area contributed by atoms with Crippen molar-refractivity contribution in [2.24, 2.45) is 7.05 Å². The topological polar surface area (TPSA) is 93.5 Å². The minimum Gasteiger partial charge on any atom is -0.494 e. The molecule has 2 heterocycles. The maximum absolute atomic E-state index is 12.3. The number of anilines is 3. The summed E-state index contributed by atoms with van der Waals surface area (Å²) in [7, 11) is 7.51. The minimum atomic E-state index is -0.363. The van der Waals surface area contributed by atoms with Crippen LogP contribution < -0.4 is 20.1 Å². The normalized spacial score (nSPS) is 11.9. The number of aromatic nitrogens is 3. The molecule has 4 aromatic rings. The predicted octanol–water partition coefficient (Wildman–Crippen LogP) is 5.88. The van der Waals surface area contributed by atoms with Gasteiger partial charge in [-0.25, -0.2) is 9.97 Å². The Morgan fingerprint density at radius 3 is 2.69 bits per heavy atom. The molecule has 204 valence electrons. The van der Waals surface area contributed by atoms with Crippen LogP contribution in [0.4, 0.5) is 17.3 Å². The first-order valence-corrected chi connectivity index (χ1v) is 12.9. The van der Waals surface area contributed by atoms with E-state index in [1.54, 1.807) is 25.4 Å². The van der Waals surface area contributed by atoms with E-state index < -0.39 is 0 Å². The van der Waals surface area contributed by atoms with Crippen LogP contribution in [0.15, 0.2) is 61.4 Å². The summed E-state index contributed by atoms with van der Waals surface area (Å²) in [5, 5.41) is 7.51. The summed E-state index contributed by atoms with van der Waals surface area (Å²) in [5.41, 5.74) is 3.56. The number of hydrogen-bond acceptors (Lipinski definition) is 7. The Bertz CT molecular complexity index is 1500. The minimum absolute atomic E-state index is 0.0919. The van der Waals surface area contributed by atoms with Crippen molar-refractivity contribution in [1.82, 2.24) is 19.4 Å².